The van der Waals surface area contributed by atoms with Gasteiger partial charge in [-0.2, -0.15) is 0 Å². The standard InChI is InChI=1S/C25H23NO3/c1-29-24(28)23(16-9-17-27)26-25(18-10-3-2-4-11-18)21-14-7-5-12-19(21)20-13-6-8-15-22(20)25/h2-16,23,26-27H,17H2,1H3/b16-9+. The quantitative estimate of drug-likeness (QED) is 0.502. The van der Waals surface area contributed by atoms with Crippen LogP contribution in [0.3, 0.4) is 0 Å². The lowest BCUT2D eigenvalue weighted by Gasteiger charge is -2.36. The van der Waals surface area contributed by atoms with Crippen LogP contribution in [-0.2, 0) is 15.1 Å². The molecular formula is C25H23NO3. The van der Waals surface area contributed by atoms with Crippen LogP contribution in [0.2, 0.25) is 0 Å². The van der Waals surface area contributed by atoms with E-state index in [9.17, 15) is 9.90 Å². The molecule has 3 aromatic rings. The molecule has 0 fully saturated rings. The minimum absolute atomic E-state index is 0.152. The van der Waals surface area contributed by atoms with E-state index >= 15 is 0 Å². The van der Waals surface area contributed by atoms with Gasteiger partial charge >= 0.3 is 5.97 Å². The Morgan fingerprint density at radius 3 is 2.07 bits per heavy atom. The fraction of sp³-hybridized carbons (Fsp3) is 0.160. The Morgan fingerprint density at radius 2 is 1.52 bits per heavy atom. The lowest BCUT2D eigenvalue weighted by atomic mass is 9.80. The second kappa shape index (κ2) is 8.03. The van der Waals surface area contributed by atoms with Gasteiger partial charge in [0, 0.05) is 0 Å². The molecule has 0 heterocycles. The maximum absolute atomic E-state index is 12.6. The van der Waals surface area contributed by atoms with Crippen LogP contribution in [0.1, 0.15) is 16.7 Å². The van der Waals surface area contributed by atoms with Crippen molar-refractivity contribution >= 4 is 5.97 Å². The molecule has 0 bridgehead atoms. The fourth-order valence-electron chi connectivity index (χ4n) is 4.22. The minimum Gasteiger partial charge on any atom is -0.468 e. The summed E-state index contributed by atoms with van der Waals surface area (Å²) in [5.41, 5.74) is 4.73. The number of aliphatic hydroxyl groups is 1. The van der Waals surface area contributed by atoms with Crippen LogP contribution < -0.4 is 5.32 Å². The molecule has 0 radical (unpaired) electrons. The minimum atomic E-state index is -0.730. The first kappa shape index (κ1) is 19.1. The molecule has 4 rings (SSSR count). The van der Waals surface area contributed by atoms with E-state index in [1.165, 1.54) is 7.11 Å². The van der Waals surface area contributed by atoms with Crippen molar-refractivity contribution in [2.75, 3.05) is 13.7 Å². The normalized spacial score (nSPS) is 15.0. The molecule has 29 heavy (non-hydrogen) atoms. The Balaban J connectivity index is 1.99. The zero-order valence-corrected chi connectivity index (χ0v) is 16.2. The first-order chi connectivity index (χ1) is 14.2. The number of benzene rings is 3. The number of carbonyl (C=O) groups excluding carboxylic acids is 1. The van der Waals surface area contributed by atoms with Gasteiger partial charge in [0.05, 0.1) is 19.3 Å². The first-order valence-electron chi connectivity index (χ1n) is 9.60. The van der Waals surface area contributed by atoms with Crippen LogP contribution in [0.4, 0.5) is 0 Å². The van der Waals surface area contributed by atoms with Crippen molar-refractivity contribution in [1.29, 1.82) is 0 Å². The Morgan fingerprint density at radius 1 is 0.966 bits per heavy atom. The fourth-order valence-corrected chi connectivity index (χ4v) is 4.22. The highest BCUT2D eigenvalue weighted by atomic mass is 16.5. The monoisotopic (exact) mass is 385 g/mol. The van der Waals surface area contributed by atoms with Crippen LogP contribution >= 0.6 is 0 Å². The van der Waals surface area contributed by atoms with E-state index < -0.39 is 17.6 Å². The van der Waals surface area contributed by atoms with Crippen molar-refractivity contribution in [3.8, 4) is 11.1 Å². The van der Waals surface area contributed by atoms with E-state index in [0.29, 0.717) is 0 Å². The molecule has 3 aromatic carbocycles. The van der Waals surface area contributed by atoms with E-state index in [1.54, 1.807) is 12.2 Å². The van der Waals surface area contributed by atoms with E-state index in [2.05, 4.69) is 41.7 Å². The topological polar surface area (TPSA) is 58.6 Å². The highest BCUT2D eigenvalue weighted by Gasteiger charge is 2.46. The van der Waals surface area contributed by atoms with Crippen molar-refractivity contribution in [3.63, 3.8) is 0 Å². The molecule has 0 spiro atoms. The van der Waals surface area contributed by atoms with Gasteiger partial charge in [0.25, 0.3) is 0 Å². The molecule has 4 heteroatoms. The number of carbonyl (C=O) groups is 1. The summed E-state index contributed by atoms with van der Waals surface area (Å²) in [4.78, 5) is 12.6. The van der Waals surface area contributed by atoms with Crippen molar-refractivity contribution in [1.82, 2.24) is 5.32 Å². The lowest BCUT2D eigenvalue weighted by molar-refractivity contribution is -0.142. The number of methoxy groups -OCH3 is 1. The molecule has 1 atom stereocenters. The van der Waals surface area contributed by atoms with Crippen molar-refractivity contribution in [2.24, 2.45) is 0 Å². The summed E-state index contributed by atoms with van der Waals surface area (Å²) in [6.45, 7) is -0.152. The van der Waals surface area contributed by atoms with Crippen molar-refractivity contribution in [2.45, 2.75) is 11.6 Å². The van der Waals surface area contributed by atoms with Crippen molar-refractivity contribution < 1.29 is 14.6 Å². The van der Waals surface area contributed by atoms with Gasteiger partial charge in [-0.1, -0.05) is 91.0 Å². The van der Waals surface area contributed by atoms with Gasteiger partial charge in [-0.05, 0) is 27.8 Å². The maximum Gasteiger partial charge on any atom is 0.326 e. The van der Waals surface area contributed by atoms with Gasteiger partial charge in [-0.15, -0.1) is 0 Å². The number of aliphatic hydroxyl groups excluding tert-OH is 1. The van der Waals surface area contributed by atoms with Crippen LogP contribution in [0.15, 0.2) is 91.0 Å². The SMILES string of the molecule is COC(=O)C(/C=C/CO)NC1(c2ccccc2)c2ccccc2-c2ccccc21. The van der Waals surface area contributed by atoms with Crippen LogP contribution in [0.5, 0.6) is 0 Å². The molecule has 1 unspecified atom stereocenters. The highest BCUT2D eigenvalue weighted by Crippen LogP contribution is 2.51. The average Bonchev–Trinajstić information content (AvgIpc) is 3.07. The van der Waals surface area contributed by atoms with Gasteiger partial charge < -0.3 is 9.84 Å². The Bertz CT molecular complexity index is 997. The molecule has 0 aliphatic heterocycles. The third-order valence-electron chi connectivity index (χ3n) is 5.42. The predicted molar refractivity (Wildman–Crippen MR) is 113 cm³/mol. The van der Waals surface area contributed by atoms with E-state index in [0.717, 1.165) is 27.8 Å². The van der Waals surface area contributed by atoms with Crippen molar-refractivity contribution in [3.05, 3.63) is 108 Å². The molecular weight excluding hydrogens is 362 g/mol. The molecule has 0 saturated heterocycles. The smallest absolute Gasteiger partial charge is 0.326 e. The number of nitrogens with one attached hydrogen (secondary N) is 1. The Labute approximate surface area is 170 Å². The molecule has 0 saturated carbocycles. The molecule has 1 aliphatic rings. The number of hydrogen-bond donors (Lipinski definition) is 2. The summed E-state index contributed by atoms with van der Waals surface area (Å²) in [7, 11) is 1.37. The third-order valence-corrected chi connectivity index (χ3v) is 5.42. The summed E-state index contributed by atoms with van der Waals surface area (Å²) in [5, 5.41) is 12.8. The number of rotatable bonds is 6. The molecule has 0 aromatic heterocycles. The van der Waals surface area contributed by atoms with Gasteiger partial charge in [0.15, 0.2) is 0 Å². The molecule has 4 nitrogen and oxygen atoms in total. The van der Waals surface area contributed by atoms with Crippen LogP contribution in [-0.4, -0.2) is 30.8 Å². The molecule has 0 amide bonds. The lowest BCUT2D eigenvalue weighted by Crippen LogP contribution is -2.51. The number of ether oxygens (including phenoxy) is 1. The Hall–Kier alpha value is -3.21. The first-order valence-corrected chi connectivity index (χ1v) is 9.60. The van der Waals surface area contributed by atoms with E-state index in [4.69, 9.17) is 4.74 Å². The summed E-state index contributed by atoms with van der Waals surface area (Å²) in [5.74, 6) is -0.410. The molecule has 2 N–H and O–H groups in total. The largest absolute Gasteiger partial charge is 0.468 e. The van der Waals surface area contributed by atoms with Gasteiger partial charge in [-0.25, -0.2) is 0 Å². The third kappa shape index (κ3) is 3.16. The van der Waals surface area contributed by atoms with Gasteiger partial charge in [-0.3, -0.25) is 10.1 Å². The summed E-state index contributed by atoms with van der Waals surface area (Å²) >= 11 is 0. The number of hydrogen-bond acceptors (Lipinski definition) is 4. The number of esters is 1. The van der Waals surface area contributed by atoms with Crippen LogP contribution in [0, 0.1) is 0 Å². The maximum atomic E-state index is 12.6. The average molecular weight is 385 g/mol. The Kier molecular flexibility index (Phi) is 5.30. The van der Waals surface area contributed by atoms with Gasteiger partial charge in [0.1, 0.15) is 6.04 Å². The van der Waals surface area contributed by atoms with Crippen LogP contribution in [0.25, 0.3) is 11.1 Å². The number of fused-ring (bicyclic) bond motifs is 3. The predicted octanol–water partition coefficient (Wildman–Crippen LogP) is 3.64. The van der Waals surface area contributed by atoms with E-state index in [-0.39, 0.29) is 6.61 Å². The summed E-state index contributed by atoms with van der Waals surface area (Å²) in [6, 6.07) is 25.9. The highest BCUT2D eigenvalue weighted by molar-refractivity contribution is 5.84. The summed E-state index contributed by atoms with van der Waals surface area (Å²) < 4.78 is 5.04. The zero-order chi connectivity index (χ0) is 20.3. The zero-order valence-electron chi connectivity index (χ0n) is 16.2. The van der Waals surface area contributed by atoms with Gasteiger partial charge in [0.2, 0.25) is 0 Å². The molecule has 146 valence electrons. The second-order valence-corrected chi connectivity index (χ2v) is 6.96. The van der Waals surface area contributed by atoms with E-state index in [1.807, 2.05) is 42.5 Å². The summed E-state index contributed by atoms with van der Waals surface area (Å²) in [6.07, 6.45) is 3.21. The molecule has 1 aliphatic carbocycles. The second-order valence-electron chi connectivity index (χ2n) is 6.96.